The van der Waals surface area contributed by atoms with Gasteiger partial charge in [-0.15, -0.1) is 0 Å². The molecular weight excluding hydrogens is 707 g/mol. The Balaban J connectivity index is 2.70. The molecule has 0 radical (unpaired) electrons. The number of hydrogen-bond donors (Lipinski definition) is 1. The molecule has 0 unspecified atom stereocenters. The fourth-order valence-corrected chi connectivity index (χ4v) is 9.50. The lowest BCUT2D eigenvalue weighted by atomic mass is 9.83. The van der Waals surface area contributed by atoms with E-state index in [0.29, 0.717) is 11.8 Å². The van der Waals surface area contributed by atoms with Gasteiger partial charge >= 0.3 is 25.8 Å². The molecule has 0 saturated heterocycles. The van der Waals surface area contributed by atoms with Gasteiger partial charge in [0.05, 0.1) is 9.13 Å². The maximum Gasteiger partial charge on any atom is 0.342 e. The van der Waals surface area contributed by atoms with Crippen molar-refractivity contribution < 1.29 is 16.0 Å². The van der Waals surface area contributed by atoms with E-state index in [1.165, 1.54) is 126 Å². The van der Waals surface area contributed by atoms with E-state index in [1.807, 2.05) is 6.07 Å². The second kappa shape index (κ2) is 26.3. The summed E-state index contributed by atoms with van der Waals surface area (Å²) in [5.41, 5.74) is 4.80. The van der Waals surface area contributed by atoms with Gasteiger partial charge in [0.1, 0.15) is 0 Å². The number of aromatic carboxylic acids is 1. The van der Waals surface area contributed by atoms with Crippen molar-refractivity contribution in [3.8, 4) is 0 Å². The van der Waals surface area contributed by atoms with Gasteiger partial charge in [0, 0.05) is 5.39 Å². The highest BCUT2D eigenvalue weighted by atomic mass is 127. The number of rotatable bonds is 30. The number of carboxylic acid groups (broad SMARTS) is 1. The minimum Gasteiger partial charge on any atom is -0.478 e. The van der Waals surface area contributed by atoms with Crippen molar-refractivity contribution in [2.24, 2.45) is 0 Å². The van der Waals surface area contributed by atoms with Crippen molar-refractivity contribution in [3.05, 3.63) is 43.5 Å². The van der Waals surface area contributed by atoms with E-state index < -0.39 is 25.8 Å². The molecule has 0 aliphatic rings. The van der Waals surface area contributed by atoms with Gasteiger partial charge < -0.3 is 5.11 Å². The molecule has 0 aliphatic carbocycles. The van der Waals surface area contributed by atoms with Gasteiger partial charge in [-0.2, -0.15) is 0 Å². The fourth-order valence-electron chi connectivity index (χ4n) is 7.58. The standard InChI is InChI=1S/C43H71IO4/c1-5-9-13-17-21-25-29-35-33-34-39-40(36(35)30-26-22-18-14-10-6-2)37(31-27-23-19-15-11-7-3)38(32-28-24-20-16-12-8-4)41(43(45)46)42(39)44(47)48/h33-34H,5-32H2,1-4H3,(H,45,46). The summed E-state index contributed by atoms with van der Waals surface area (Å²) in [6.07, 6.45) is 32.1. The molecule has 2 aromatic carbocycles. The molecule has 48 heavy (non-hydrogen) atoms. The third-order valence-electron chi connectivity index (χ3n) is 10.3. The van der Waals surface area contributed by atoms with Crippen LogP contribution in [0.4, 0.5) is 0 Å². The first-order valence-electron chi connectivity index (χ1n) is 20.3. The summed E-state index contributed by atoms with van der Waals surface area (Å²) in [6, 6.07) is 4.16. The Bertz CT molecular complexity index is 1250. The van der Waals surface area contributed by atoms with Crippen molar-refractivity contribution >= 4 is 36.5 Å². The van der Waals surface area contributed by atoms with Crippen molar-refractivity contribution in [1.29, 1.82) is 0 Å². The molecule has 0 atom stereocenters. The van der Waals surface area contributed by atoms with Crippen molar-refractivity contribution in [3.63, 3.8) is 0 Å². The molecule has 2 rings (SSSR count). The number of carboxylic acids is 1. The lowest BCUT2D eigenvalue weighted by molar-refractivity contribution is 0.0694. The predicted molar refractivity (Wildman–Crippen MR) is 213 cm³/mol. The zero-order valence-corrected chi connectivity index (χ0v) is 33.7. The third-order valence-corrected chi connectivity index (χ3v) is 12.3. The Labute approximate surface area is 302 Å². The molecule has 2 aromatic rings. The number of unbranched alkanes of at least 4 members (excludes halogenated alkanes) is 20. The number of hydrogen-bond acceptors (Lipinski definition) is 3. The highest BCUT2D eigenvalue weighted by Gasteiger charge is 2.28. The van der Waals surface area contributed by atoms with E-state index >= 15 is 0 Å². The monoisotopic (exact) mass is 778 g/mol. The summed E-state index contributed by atoms with van der Waals surface area (Å²) in [6.45, 7) is 8.98. The van der Waals surface area contributed by atoms with Gasteiger partial charge in [0.2, 0.25) is 0 Å². The zero-order chi connectivity index (χ0) is 35.0. The van der Waals surface area contributed by atoms with Crippen LogP contribution in [0.3, 0.4) is 0 Å². The average molecular weight is 779 g/mol. The fraction of sp³-hybridized carbons (Fsp3) is 0.744. The molecule has 0 aliphatic heterocycles. The minimum atomic E-state index is -4.13. The molecule has 0 spiro atoms. The van der Waals surface area contributed by atoms with Crippen LogP contribution in [0.5, 0.6) is 0 Å². The van der Waals surface area contributed by atoms with Crippen molar-refractivity contribution in [2.75, 3.05) is 0 Å². The molecule has 0 saturated carbocycles. The first-order valence-corrected chi connectivity index (χ1v) is 23.2. The Hall–Kier alpha value is -1.50. The third kappa shape index (κ3) is 14.8. The van der Waals surface area contributed by atoms with Crippen molar-refractivity contribution in [1.82, 2.24) is 0 Å². The SMILES string of the molecule is CCCCCCCCc1ccc2c(I(=O)=O)c(C(=O)O)c(CCCCCCCC)c(CCCCCCCC)c2c1CCCCCCCC. The Morgan fingerprint density at radius 3 is 1.29 bits per heavy atom. The minimum absolute atomic E-state index is 0.0985. The van der Waals surface area contributed by atoms with Crippen LogP contribution < -0.4 is 0 Å². The Kier molecular flexibility index (Phi) is 23.4. The van der Waals surface area contributed by atoms with E-state index in [0.717, 1.165) is 75.2 Å². The highest BCUT2D eigenvalue weighted by molar-refractivity contribution is 14.2. The van der Waals surface area contributed by atoms with Gasteiger partial charge in [-0.1, -0.05) is 168 Å². The lowest BCUT2D eigenvalue weighted by Gasteiger charge is -2.23. The summed E-state index contributed by atoms with van der Waals surface area (Å²) in [7, 11) is 0. The zero-order valence-electron chi connectivity index (χ0n) is 31.5. The van der Waals surface area contributed by atoms with Crippen LogP contribution in [0.25, 0.3) is 10.8 Å². The number of aryl methyl sites for hydroxylation is 3. The second-order valence-electron chi connectivity index (χ2n) is 14.4. The quantitative estimate of drug-likeness (QED) is 0.0633. The largest absolute Gasteiger partial charge is 0.478 e. The Morgan fingerprint density at radius 2 is 0.875 bits per heavy atom. The van der Waals surface area contributed by atoms with Crippen LogP contribution in [-0.4, -0.2) is 11.1 Å². The predicted octanol–water partition coefficient (Wildman–Crippen LogP) is 14.5. The summed E-state index contributed by atoms with van der Waals surface area (Å²) < 4.78 is 26.4. The first kappa shape index (κ1) is 42.7. The highest BCUT2D eigenvalue weighted by Crippen LogP contribution is 2.41. The van der Waals surface area contributed by atoms with Gasteiger partial charge in [0.25, 0.3) is 0 Å². The molecule has 1 N–H and O–H groups in total. The van der Waals surface area contributed by atoms with Gasteiger partial charge in [-0.25, -0.2) is 10.9 Å². The van der Waals surface area contributed by atoms with Gasteiger partial charge in [-0.05, 0) is 79.0 Å². The molecule has 4 nitrogen and oxygen atoms in total. The normalized spacial score (nSPS) is 11.7. The lowest BCUT2D eigenvalue weighted by Crippen LogP contribution is -2.13. The van der Waals surface area contributed by atoms with Crippen LogP contribution in [0.15, 0.2) is 12.1 Å². The first-order chi connectivity index (χ1) is 23.4. The van der Waals surface area contributed by atoms with Gasteiger partial charge in [0.15, 0.2) is 0 Å². The smallest absolute Gasteiger partial charge is 0.342 e. The topological polar surface area (TPSA) is 71.4 Å². The number of benzene rings is 2. The van der Waals surface area contributed by atoms with Crippen LogP contribution in [0.2, 0.25) is 0 Å². The van der Waals surface area contributed by atoms with Crippen LogP contribution in [0.1, 0.15) is 214 Å². The molecule has 274 valence electrons. The maximum absolute atomic E-state index is 13.1. The van der Waals surface area contributed by atoms with Crippen LogP contribution in [-0.2, 0) is 31.8 Å². The summed E-state index contributed by atoms with van der Waals surface area (Å²) in [5, 5.41) is 12.5. The van der Waals surface area contributed by atoms with E-state index in [-0.39, 0.29) is 9.13 Å². The van der Waals surface area contributed by atoms with E-state index in [9.17, 15) is 16.0 Å². The summed E-state index contributed by atoms with van der Waals surface area (Å²) in [4.78, 5) is 13.0. The van der Waals surface area contributed by atoms with Crippen LogP contribution >= 0.6 is 19.8 Å². The Morgan fingerprint density at radius 1 is 0.500 bits per heavy atom. The molecular formula is C43H71IO4. The molecule has 5 heteroatoms. The number of halogens is 1. The van der Waals surface area contributed by atoms with Crippen LogP contribution in [0, 0.1) is 3.57 Å². The van der Waals surface area contributed by atoms with Gasteiger partial charge in [-0.3, -0.25) is 0 Å². The summed E-state index contributed by atoms with van der Waals surface area (Å²) in [5.74, 6) is -1.07. The van der Waals surface area contributed by atoms with Crippen molar-refractivity contribution in [2.45, 2.75) is 207 Å². The van der Waals surface area contributed by atoms with E-state index in [2.05, 4.69) is 33.8 Å². The molecule has 0 bridgehead atoms. The average Bonchev–Trinajstić information content (AvgIpc) is 3.07. The molecule has 0 fully saturated rings. The number of carbonyl (C=O) groups is 1. The summed E-state index contributed by atoms with van der Waals surface area (Å²) >= 11 is -4.13. The maximum atomic E-state index is 13.1. The molecule has 0 amide bonds. The number of fused-ring (bicyclic) bond motifs is 1. The molecule has 0 aromatic heterocycles. The second-order valence-corrected chi connectivity index (χ2v) is 16.7. The molecule has 0 heterocycles. The van der Waals surface area contributed by atoms with E-state index in [4.69, 9.17) is 0 Å². The van der Waals surface area contributed by atoms with E-state index in [1.54, 1.807) is 0 Å².